The second-order valence-corrected chi connectivity index (χ2v) is 5.05. The molecule has 100 valence electrons. The van der Waals surface area contributed by atoms with Gasteiger partial charge < -0.3 is 5.73 Å². The quantitative estimate of drug-likeness (QED) is 0.886. The van der Waals surface area contributed by atoms with Crippen molar-refractivity contribution >= 4 is 23.2 Å². The van der Waals surface area contributed by atoms with Gasteiger partial charge in [0.25, 0.3) is 0 Å². The van der Waals surface area contributed by atoms with Crippen LogP contribution in [0.4, 0.5) is 8.78 Å². The molecule has 0 heterocycles. The fourth-order valence-corrected chi connectivity index (χ4v) is 2.09. The molecule has 0 bridgehead atoms. The number of hydrogen-bond donors (Lipinski definition) is 1. The molecule has 0 spiro atoms. The average molecular weight is 302 g/mol. The standard InChI is InChI=1S/C14H11Cl2F2N/c15-10-3-1-8(5-13(10)18)6-14(19)9-2-4-12(17)11(16)7-9/h1-5,7,14H,6,19H2. The molecule has 2 aromatic rings. The third-order valence-electron chi connectivity index (χ3n) is 2.81. The summed E-state index contributed by atoms with van der Waals surface area (Å²) in [6.07, 6.45) is 0.413. The Labute approximate surface area is 119 Å². The van der Waals surface area contributed by atoms with Crippen LogP contribution in [-0.4, -0.2) is 0 Å². The van der Waals surface area contributed by atoms with Crippen molar-refractivity contribution in [2.24, 2.45) is 5.73 Å². The minimum atomic E-state index is -0.491. The Morgan fingerprint density at radius 3 is 2.32 bits per heavy atom. The highest BCUT2D eigenvalue weighted by Crippen LogP contribution is 2.23. The van der Waals surface area contributed by atoms with Gasteiger partial charge >= 0.3 is 0 Å². The summed E-state index contributed by atoms with van der Waals surface area (Å²) in [5.74, 6) is -0.973. The van der Waals surface area contributed by atoms with Crippen molar-refractivity contribution in [3.8, 4) is 0 Å². The Kier molecular flexibility index (Phi) is 4.40. The molecule has 0 aliphatic heterocycles. The van der Waals surface area contributed by atoms with Gasteiger partial charge in [0.1, 0.15) is 11.6 Å². The van der Waals surface area contributed by atoms with Gasteiger partial charge in [-0.15, -0.1) is 0 Å². The summed E-state index contributed by atoms with van der Waals surface area (Å²) in [4.78, 5) is 0. The average Bonchev–Trinajstić information content (AvgIpc) is 2.37. The number of nitrogens with two attached hydrogens (primary N) is 1. The molecule has 2 rings (SSSR count). The molecule has 19 heavy (non-hydrogen) atoms. The van der Waals surface area contributed by atoms with E-state index in [4.69, 9.17) is 28.9 Å². The van der Waals surface area contributed by atoms with Crippen molar-refractivity contribution in [3.05, 3.63) is 69.2 Å². The van der Waals surface area contributed by atoms with Crippen LogP contribution >= 0.6 is 23.2 Å². The zero-order valence-electron chi connectivity index (χ0n) is 9.84. The lowest BCUT2D eigenvalue weighted by atomic mass is 9.99. The van der Waals surface area contributed by atoms with E-state index >= 15 is 0 Å². The van der Waals surface area contributed by atoms with E-state index in [2.05, 4.69) is 0 Å². The zero-order valence-corrected chi connectivity index (χ0v) is 11.3. The molecule has 2 aromatic carbocycles. The van der Waals surface area contributed by atoms with Gasteiger partial charge in [-0.3, -0.25) is 0 Å². The van der Waals surface area contributed by atoms with Crippen LogP contribution in [0.1, 0.15) is 17.2 Å². The van der Waals surface area contributed by atoms with Crippen LogP contribution in [0.5, 0.6) is 0 Å². The lowest BCUT2D eigenvalue weighted by Crippen LogP contribution is -2.13. The zero-order chi connectivity index (χ0) is 14.0. The minimum Gasteiger partial charge on any atom is -0.324 e. The summed E-state index contributed by atoms with van der Waals surface area (Å²) in [5, 5.41) is 0.0948. The summed E-state index contributed by atoms with van der Waals surface area (Å²) in [6, 6.07) is 8.45. The molecule has 0 aromatic heterocycles. The molecule has 5 heteroatoms. The summed E-state index contributed by atoms with van der Waals surface area (Å²) in [6.45, 7) is 0. The van der Waals surface area contributed by atoms with E-state index in [1.165, 1.54) is 24.3 Å². The first kappa shape index (κ1) is 14.3. The van der Waals surface area contributed by atoms with Gasteiger partial charge in [0.15, 0.2) is 0 Å². The summed E-state index contributed by atoms with van der Waals surface area (Å²) >= 11 is 11.3. The highest BCUT2D eigenvalue weighted by atomic mass is 35.5. The molecule has 0 fully saturated rings. The van der Waals surface area contributed by atoms with Crippen LogP contribution in [0.3, 0.4) is 0 Å². The van der Waals surface area contributed by atoms with Crippen LogP contribution in [0.2, 0.25) is 10.0 Å². The van der Waals surface area contributed by atoms with Crippen LogP contribution in [-0.2, 0) is 6.42 Å². The Morgan fingerprint density at radius 1 is 0.947 bits per heavy atom. The van der Waals surface area contributed by atoms with Gasteiger partial charge in [-0.2, -0.15) is 0 Å². The van der Waals surface area contributed by atoms with Crippen molar-refractivity contribution in [3.63, 3.8) is 0 Å². The maximum absolute atomic E-state index is 13.3. The van der Waals surface area contributed by atoms with E-state index < -0.39 is 17.7 Å². The van der Waals surface area contributed by atoms with Crippen molar-refractivity contribution in [2.45, 2.75) is 12.5 Å². The summed E-state index contributed by atoms with van der Waals surface area (Å²) < 4.78 is 26.4. The Morgan fingerprint density at radius 2 is 1.68 bits per heavy atom. The highest BCUT2D eigenvalue weighted by Gasteiger charge is 2.11. The first-order valence-corrected chi connectivity index (χ1v) is 6.37. The Bertz CT molecular complexity index is 602. The van der Waals surface area contributed by atoms with Crippen molar-refractivity contribution in [1.29, 1.82) is 0 Å². The predicted molar refractivity (Wildman–Crippen MR) is 73.5 cm³/mol. The van der Waals surface area contributed by atoms with E-state index in [0.29, 0.717) is 12.0 Å². The van der Waals surface area contributed by atoms with Gasteiger partial charge in [-0.1, -0.05) is 35.3 Å². The fraction of sp³-hybridized carbons (Fsp3) is 0.143. The number of halogens is 4. The number of rotatable bonds is 3. The molecule has 1 unspecified atom stereocenters. The lowest BCUT2D eigenvalue weighted by Gasteiger charge is -2.13. The molecule has 0 saturated heterocycles. The molecule has 1 atom stereocenters. The minimum absolute atomic E-state index is 0.0234. The molecule has 0 aliphatic rings. The van der Waals surface area contributed by atoms with Gasteiger partial charge in [-0.05, 0) is 41.8 Å². The lowest BCUT2D eigenvalue weighted by molar-refractivity contribution is 0.620. The Hall–Kier alpha value is -1.16. The topological polar surface area (TPSA) is 26.0 Å². The molecule has 0 aliphatic carbocycles. The first-order valence-electron chi connectivity index (χ1n) is 5.62. The molecular formula is C14H11Cl2F2N. The predicted octanol–water partition coefficient (Wildman–Crippen LogP) is 4.51. The number of benzene rings is 2. The van der Waals surface area contributed by atoms with Crippen LogP contribution in [0, 0.1) is 11.6 Å². The maximum Gasteiger partial charge on any atom is 0.142 e. The van der Waals surface area contributed by atoms with Crippen molar-refractivity contribution in [2.75, 3.05) is 0 Å². The Balaban J connectivity index is 2.17. The molecule has 0 amide bonds. The fourth-order valence-electron chi connectivity index (χ4n) is 1.78. The SMILES string of the molecule is NC(Cc1ccc(Cl)c(F)c1)c1ccc(F)c(Cl)c1. The van der Waals surface area contributed by atoms with Gasteiger partial charge in [0, 0.05) is 6.04 Å². The normalized spacial score (nSPS) is 12.5. The van der Waals surface area contributed by atoms with Crippen LogP contribution in [0.25, 0.3) is 0 Å². The van der Waals surface area contributed by atoms with E-state index in [9.17, 15) is 8.78 Å². The molecule has 1 nitrogen and oxygen atoms in total. The summed E-state index contributed by atoms with van der Waals surface area (Å²) in [7, 11) is 0. The summed E-state index contributed by atoms with van der Waals surface area (Å²) in [5.41, 5.74) is 7.41. The van der Waals surface area contributed by atoms with Crippen molar-refractivity contribution < 1.29 is 8.78 Å². The largest absolute Gasteiger partial charge is 0.324 e. The van der Waals surface area contributed by atoms with Gasteiger partial charge in [-0.25, -0.2) is 8.78 Å². The highest BCUT2D eigenvalue weighted by molar-refractivity contribution is 6.31. The molecule has 0 saturated carbocycles. The molecule has 2 N–H and O–H groups in total. The second kappa shape index (κ2) is 5.87. The van der Waals surface area contributed by atoms with Crippen LogP contribution < -0.4 is 5.73 Å². The molecule has 0 radical (unpaired) electrons. The van der Waals surface area contributed by atoms with Crippen molar-refractivity contribution in [1.82, 2.24) is 0 Å². The third kappa shape index (κ3) is 3.44. The second-order valence-electron chi connectivity index (χ2n) is 4.23. The first-order chi connectivity index (χ1) is 8.97. The van der Waals surface area contributed by atoms with Crippen LogP contribution in [0.15, 0.2) is 36.4 Å². The van der Waals surface area contributed by atoms with Gasteiger partial charge in [0.2, 0.25) is 0 Å². The van der Waals surface area contributed by atoms with E-state index in [-0.39, 0.29) is 10.0 Å². The van der Waals surface area contributed by atoms with E-state index in [0.717, 1.165) is 5.56 Å². The molecular weight excluding hydrogens is 291 g/mol. The smallest absolute Gasteiger partial charge is 0.142 e. The monoisotopic (exact) mass is 301 g/mol. The van der Waals surface area contributed by atoms with Gasteiger partial charge in [0.05, 0.1) is 10.0 Å². The van der Waals surface area contributed by atoms with E-state index in [1.54, 1.807) is 12.1 Å². The number of hydrogen-bond acceptors (Lipinski definition) is 1. The third-order valence-corrected chi connectivity index (χ3v) is 3.41. The maximum atomic E-state index is 13.3. The van der Waals surface area contributed by atoms with E-state index in [1.807, 2.05) is 0 Å².